The van der Waals surface area contributed by atoms with E-state index in [-0.39, 0.29) is 35.7 Å². The number of hydrogen-bond donors (Lipinski definition) is 3. The maximum Gasteiger partial charge on any atom is 0.135 e. The van der Waals surface area contributed by atoms with Crippen molar-refractivity contribution < 1.29 is 19.0 Å². The van der Waals surface area contributed by atoms with Crippen LogP contribution in [0.2, 0.25) is 0 Å². The third-order valence-electron chi connectivity index (χ3n) is 7.99. The number of hydrogen-bond acceptors (Lipinski definition) is 7. The van der Waals surface area contributed by atoms with Gasteiger partial charge in [-0.1, -0.05) is 32.9 Å². The molecule has 1 aromatic carbocycles. The smallest absolute Gasteiger partial charge is 0.135 e. The average molecular weight is 535 g/mol. The second-order valence-electron chi connectivity index (χ2n) is 11.1. The standard InChI is InChI=1S/C29H32F2N6O2/c1-17-12-28(2,3)29(4,27-20(17)11-23(35-36-27)26-21(30)7-5-8-22(26)31)24-9-6-10-25(34-24)33-18-13-32-37(14-18)15-19(39)16-38/h5-11,13-14,17,19,38-39H,12,15-16H2,1-4H3,(H,33,34)/t17-,19+,29+/m1/s1. The lowest BCUT2D eigenvalue weighted by Crippen LogP contribution is -2.46. The van der Waals surface area contributed by atoms with Gasteiger partial charge >= 0.3 is 0 Å². The van der Waals surface area contributed by atoms with Crippen molar-refractivity contribution in [1.29, 1.82) is 0 Å². The van der Waals surface area contributed by atoms with E-state index in [1.165, 1.54) is 18.2 Å². The molecule has 0 saturated carbocycles. The van der Waals surface area contributed by atoms with Crippen molar-refractivity contribution in [2.75, 3.05) is 11.9 Å². The number of fused-ring (bicyclic) bond motifs is 1. The Morgan fingerprint density at radius 3 is 2.54 bits per heavy atom. The topological polar surface area (TPSA) is 109 Å². The minimum Gasteiger partial charge on any atom is -0.394 e. The van der Waals surface area contributed by atoms with Crippen LogP contribution in [-0.2, 0) is 12.0 Å². The van der Waals surface area contributed by atoms with E-state index < -0.39 is 23.2 Å². The molecule has 0 radical (unpaired) electrons. The van der Waals surface area contributed by atoms with Gasteiger partial charge in [-0.05, 0) is 60.6 Å². The summed E-state index contributed by atoms with van der Waals surface area (Å²) in [5, 5.41) is 35.2. The minimum absolute atomic E-state index is 0.0913. The highest BCUT2D eigenvalue weighted by molar-refractivity contribution is 5.62. The van der Waals surface area contributed by atoms with Gasteiger partial charge in [0.15, 0.2) is 0 Å². The molecule has 8 nitrogen and oxygen atoms in total. The molecule has 1 aliphatic rings. The number of aromatic nitrogens is 5. The predicted octanol–water partition coefficient (Wildman–Crippen LogP) is 4.95. The van der Waals surface area contributed by atoms with Crippen LogP contribution >= 0.6 is 0 Å². The van der Waals surface area contributed by atoms with Crippen LogP contribution in [0.5, 0.6) is 0 Å². The normalized spacial score (nSPS) is 20.9. The molecular formula is C29H32F2N6O2. The summed E-state index contributed by atoms with van der Waals surface area (Å²) in [4.78, 5) is 4.95. The Balaban J connectivity index is 1.53. The van der Waals surface area contributed by atoms with Crippen LogP contribution in [-0.4, -0.2) is 47.9 Å². The Labute approximate surface area is 225 Å². The Morgan fingerprint density at radius 1 is 1.10 bits per heavy atom. The lowest BCUT2D eigenvalue weighted by Gasteiger charge is -2.49. The van der Waals surface area contributed by atoms with E-state index >= 15 is 0 Å². The molecule has 5 rings (SSSR count). The number of pyridine rings is 1. The van der Waals surface area contributed by atoms with Gasteiger partial charge in [-0.2, -0.15) is 10.2 Å². The van der Waals surface area contributed by atoms with Crippen molar-refractivity contribution in [1.82, 2.24) is 25.0 Å². The largest absolute Gasteiger partial charge is 0.394 e. The van der Waals surface area contributed by atoms with E-state index in [0.29, 0.717) is 11.5 Å². The number of nitrogens with zero attached hydrogens (tertiary/aromatic N) is 5. The van der Waals surface area contributed by atoms with Crippen molar-refractivity contribution >= 4 is 11.5 Å². The molecule has 39 heavy (non-hydrogen) atoms. The Kier molecular flexibility index (Phi) is 6.94. The first-order valence-corrected chi connectivity index (χ1v) is 12.9. The van der Waals surface area contributed by atoms with Gasteiger partial charge in [0.05, 0.1) is 59.2 Å². The molecule has 10 heteroatoms. The number of nitrogens with one attached hydrogen (secondary N) is 1. The summed E-state index contributed by atoms with van der Waals surface area (Å²) >= 11 is 0. The zero-order chi connectivity index (χ0) is 27.9. The lowest BCUT2D eigenvalue weighted by molar-refractivity contribution is 0.0783. The number of benzene rings is 1. The number of aliphatic hydroxyl groups excluding tert-OH is 2. The maximum atomic E-state index is 14.6. The molecule has 3 atom stereocenters. The summed E-state index contributed by atoms with van der Waals surface area (Å²) in [7, 11) is 0. The molecule has 1 aliphatic carbocycles. The molecule has 0 spiro atoms. The third kappa shape index (κ3) is 4.79. The molecule has 0 fully saturated rings. The molecule has 0 bridgehead atoms. The van der Waals surface area contributed by atoms with E-state index in [2.05, 4.69) is 48.3 Å². The van der Waals surface area contributed by atoms with E-state index in [4.69, 9.17) is 10.1 Å². The van der Waals surface area contributed by atoms with Crippen LogP contribution in [0, 0.1) is 17.0 Å². The molecular weight excluding hydrogens is 502 g/mol. The van der Waals surface area contributed by atoms with Gasteiger partial charge in [0.25, 0.3) is 0 Å². The monoisotopic (exact) mass is 534 g/mol. The van der Waals surface area contributed by atoms with Crippen LogP contribution in [0.15, 0.2) is 54.9 Å². The first-order chi connectivity index (χ1) is 18.5. The van der Waals surface area contributed by atoms with Crippen LogP contribution in [0.1, 0.15) is 57.0 Å². The summed E-state index contributed by atoms with van der Waals surface area (Å²) < 4.78 is 30.7. The zero-order valence-electron chi connectivity index (χ0n) is 22.4. The van der Waals surface area contributed by atoms with Crippen molar-refractivity contribution in [3.63, 3.8) is 0 Å². The van der Waals surface area contributed by atoms with Crippen molar-refractivity contribution in [2.24, 2.45) is 5.41 Å². The minimum atomic E-state index is -0.897. The van der Waals surface area contributed by atoms with Crippen LogP contribution in [0.3, 0.4) is 0 Å². The Hall–Kier alpha value is -3.76. The quantitative estimate of drug-likeness (QED) is 0.308. The second kappa shape index (κ2) is 10.1. The molecule has 0 aliphatic heterocycles. The van der Waals surface area contributed by atoms with Crippen molar-refractivity contribution in [3.8, 4) is 11.3 Å². The summed E-state index contributed by atoms with van der Waals surface area (Å²) in [5.74, 6) is -0.658. The summed E-state index contributed by atoms with van der Waals surface area (Å²) in [6, 6.07) is 11.3. The van der Waals surface area contributed by atoms with Gasteiger partial charge in [-0.3, -0.25) is 4.68 Å². The van der Waals surface area contributed by atoms with Gasteiger partial charge in [0.1, 0.15) is 17.5 Å². The predicted molar refractivity (Wildman–Crippen MR) is 143 cm³/mol. The van der Waals surface area contributed by atoms with E-state index in [0.717, 1.165) is 23.4 Å². The zero-order valence-corrected chi connectivity index (χ0v) is 22.4. The number of anilines is 2. The fourth-order valence-corrected chi connectivity index (χ4v) is 5.64. The van der Waals surface area contributed by atoms with Crippen LogP contribution < -0.4 is 5.32 Å². The summed E-state index contributed by atoms with van der Waals surface area (Å²) in [6.07, 6.45) is 3.26. The Bertz CT molecular complexity index is 1490. The van der Waals surface area contributed by atoms with Crippen molar-refractivity contribution in [3.05, 3.63) is 83.4 Å². The van der Waals surface area contributed by atoms with Crippen LogP contribution in [0.25, 0.3) is 11.3 Å². The number of halogens is 2. The van der Waals surface area contributed by atoms with Gasteiger partial charge in [-0.25, -0.2) is 13.8 Å². The summed E-state index contributed by atoms with van der Waals surface area (Å²) in [6.45, 7) is 8.37. The van der Waals surface area contributed by atoms with Crippen molar-refractivity contribution in [2.45, 2.75) is 58.1 Å². The molecule has 0 saturated heterocycles. The number of aliphatic hydroxyl groups is 2. The first kappa shape index (κ1) is 26.8. The Morgan fingerprint density at radius 2 is 1.82 bits per heavy atom. The molecule has 4 aromatic rings. The van der Waals surface area contributed by atoms with E-state index in [1.807, 2.05) is 18.2 Å². The highest BCUT2D eigenvalue weighted by atomic mass is 19.1. The average Bonchev–Trinajstić information content (AvgIpc) is 3.33. The van der Waals surface area contributed by atoms with Gasteiger partial charge in [0, 0.05) is 6.20 Å². The van der Waals surface area contributed by atoms with E-state index in [9.17, 15) is 13.9 Å². The second-order valence-corrected chi connectivity index (χ2v) is 11.1. The molecule has 3 N–H and O–H groups in total. The third-order valence-corrected chi connectivity index (χ3v) is 7.99. The lowest BCUT2D eigenvalue weighted by atomic mass is 9.54. The van der Waals surface area contributed by atoms with Crippen LogP contribution in [0.4, 0.5) is 20.3 Å². The molecule has 0 unspecified atom stereocenters. The highest BCUT2D eigenvalue weighted by Crippen LogP contribution is 2.56. The van der Waals surface area contributed by atoms with E-state index in [1.54, 1.807) is 23.1 Å². The summed E-state index contributed by atoms with van der Waals surface area (Å²) in [5.41, 5.74) is 2.18. The molecule has 3 heterocycles. The number of rotatable bonds is 7. The molecule has 204 valence electrons. The SMILES string of the molecule is C[C@@H]1CC(C)(C)[C@@](C)(c2cccc(Nc3cnn(C[C@H](O)CO)c3)n2)c2nnc(-c3c(F)cccc3F)cc21. The molecule has 3 aromatic heterocycles. The fourth-order valence-electron chi connectivity index (χ4n) is 5.64. The first-order valence-electron chi connectivity index (χ1n) is 12.9. The molecule has 0 amide bonds. The highest BCUT2D eigenvalue weighted by Gasteiger charge is 2.52. The van der Waals surface area contributed by atoms with Gasteiger partial charge < -0.3 is 15.5 Å². The maximum absolute atomic E-state index is 14.6. The fraction of sp³-hybridized carbons (Fsp3) is 0.379. The van der Waals surface area contributed by atoms with Gasteiger partial charge in [0.2, 0.25) is 0 Å². The van der Waals surface area contributed by atoms with Gasteiger partial charge in [-0.15, -0.1) is 5.10 Å².